The van der Waals surface area contributed by atoms with E-state index in [2.05, 4.69) is 53.7 Å². The summed E-state index contributed by atoms with van der Waals surface area (Å²) in [7, 11) is 0. The number of hydrogen-bond donors (Lipinski definition) is 1. The van der Waals surface area contributed by atoms with Gasteiger partial charge in [-0.25, -0.2) is 4.98 Å². The Morgan fingerprint density at radius 2 is 1.85 bits per heavy atom. The fourth-order valence-electron chi connectivity index (χ4n) is 2.70. The van der Waals surface area contributed by atoms with Gasteiger partial charge in [-0.1, -0.05) is 29.8 Å². The van der Waals surface area contributed by atoms with Gasteiger partial charge < -0.3 is 5.32 Å². The summed E-state index contributed by atoms with van der Waals surface area (Å²) < 4.78 is 0. The minimum absolute atomic E-state index is 0.302. The number of aromatic nitrogens is 1. The highest BCUT2D eigenvalue weighted by molar-refractivity contribution is 7.09. The van der Waals surface area contributed by atoms with Crippen molar-refractivity contribution in [2.45, 2.75) is 19.9 Å². The molecule has 0 amide bonds. The fourth-order valence-corrected chi connectivity index (χ4v) is 3.65. The Bertz CT molecular complexity index is 555. The highest BCUT2D eigenvalue weighted by atomic mass is 32.1. The Labute approximate surface area is 124 Å². The molecule has 20 heavy (non-hydrogen) atoms. The zero-order valence-electron chi connectivity index (χ0n) is 12.1. The number of thiazole rings is 1. The van der Waals surface area contributed by atoms with Crippen molar-refractivity contribution >= 4 is 11.3 Å². The molecule has 1 aromatic carbocycles. The molecule has 2 aromatic rings. The number of hydrogen-bond acceptors (Lipinski definition) is 4. The van der Waals surface area contributed by atoms with Crippen LogP contribution < -0.4 is 5.32 Å². The third kappa shape index (κ3) is 2.92. The maximum atomic E-state index is 4.74. The van der Waals surface area contributed by atoms with Crippen molar-refractivity contribution in [3.05, 3.63) is 51.5 Å². The first-order chi connectivity index (χ1) is 9.74. The van der Waals surface area contributed by atoms with E-state index in [1.165, 1.54) is 16.1 Å². The Balaban J connectivity index is 1.95. The molecule has 3 rings (SSSR count). The molecular formula is C16H21N3S. The lowest BCUT2D eigenvalue weighted by atomic mass is 10.0. The lowest BCUT2D eigenvalue weighted by Crippen LogP contribution is -2.45. The van der Waals surface area contributed by atoms with Gasteiger partial charge in [-0.3, -0.25) is 4.90 Å². The van der Waals surface area contributed by atoms with Crippen molar-refractivity contribution in [2.75, 3.05) is 26.2 Å². The van der Waals surface area contributed by atoms with Crippen LogP contribution in [0.15, 0.2) is 29.6 Å². The van der Waals surface area contributed by atoms with Crippen molar-refractivity contribution in [1.29, 1.82) is 0 Å². The molecule has 2 heterocycles. The van der Waals surface area contributed by atoms with E-state index in [1.54, 1.807) is 11.3 Å². The first-order valence-corrected chi connectivity index (χ1v) is 8.05. The van der Waals surface area contributed by atoms with Crippen LogP contribution in [-0.4, -0.2) is 36.1 Å². The normalized spacial score (nSPS) is 18.1. The summed E-state index contributed by atoms with van der Waals surface area (Å²) in [5.74, 6) is 0. The molecular weight excluding hydrogens is 266 g/mol. The van der Waals surface area contributed by atoms with E-state index in [9.17, 15) is 0 Å². The van der Waals surface area contributed by atoms with Gasteiger partial charge in [0.2, 0.25) is 0 Å². The van der Waals surface area contributed by atoms with Crippen LogP contribution in [0.4, 0.5) is 0 Å². The minimum atomic E-state index is 0.302. The zero-order chi connectivity index (χ0) is 13.9. The van der Waals surface area contributed by atoms with Crippen molar-refractivity contribution in [1.82, 2.24) is 15.2 Å². The first kappa shape index (κ1) is 13.7. The molecule has 4 heteroatoms. The fraction of sp³-hybridized carbons (Fsp3) is 0.438. The quantitative estimate of drug-likeness (QED) is 0.941. The van der Waals surface area contributed by atoms with Crippen molar-refractivity contribution in [2.24, 2.45) is 0 Å². The highest BCUT2D eigenvalue weighted by Crippen LogP contribution is 2.31. The smallest absolute Gasteiger partial charge is 0.115 e. The molecule has 1 aliphatic rings. The largest absolute Gasteiger partial charge is 0.314 e. The molecule has 1 aromatic heterocycles. The molecule has 1 unspecified atom stereocenters. The van der Waals surface area contributed by atoms with E-state index >= 15 is 0 Å². The van der Waals surface area contributed by atoms with E-state index in [-0.39, 0.29) is 0 Å². The van der Waals surface area contributed by atoms with Gasteiger partial charge in [-0.2, -0.15) is 0 Å². The molecule has 0 radical (unpaired) electrons. The predicted molar refractivity (Wildman–Crippen MR) is 84.3 cm³/mol. The monoisotopic (exact) mass is 287 g/mol. The van der Waals surface area contributed by atoms with E-state index in [4.69, 9.17) is 4.98 Å². The van der Waals surface area contributed by atoms with Crippen molar-refractivity contribution in [3.8, 4) is 0 Å². The van der Waals surface area contributed by atoms with Crippen LogP contribution in [0.2, 0.25) is 0 Å². The molecule has 1 fully saturated rings. The Kier molecular flexibility index (Phi) is 4.15. The topological polar surface area (TPSA) is 28.2 Å². The first-order valence-electron chi connectivity index (χ1n) is 7.17. The maximum Gasteiger partial charge on any atom is 0.115 e. The van der Waals surface area contributed by atoms with Crippen LogP contribution in [0.1, 0.15) is 27.9 Å². The summed E-state index contributed by atoms with van der Waals surface area (Å²) >= 11 is 1.78. The van der Waals surface area contributed by atoms with E-state index < -0.39 is 0 Å². The summed E-state index contributed by atoms with van der Waals surface area (Å²) in [6.07, 6.45) is 0. The molecule has 1 N–H and O–H groups in total. The van der Waals surface area contributed by atoms with Gasteiger partial charge in [0, 0.05) is 37.3 Å². The van der Waals surface area contributed by atoms with Gasteiger partial charge in [0.1, 0.15) is 5.01 Å². The molecule has 3 nitrogen and oxygen atoms in total. The molecule has 0 aliphatic carbocycles. The molecule has 0 spiro atoms. The lowest BCUT2D eigenvalue weighted by molar-refractivity contribution is 0.198. The lowest BCUT2D eigenvalue weighted by Gasteiger charge is -2.34. The molecule has 1 atom stereocenters. The predicted octanol–water partition coefficient (Wildman–Crippen LogP) is 2.75. The average Bonchev–Trinajstić information content (AvgIpc) is 2.89. The number of nitrogens with one attached hydrogen (secondary N) is 1. The van der Waals surface area contributed by atoms with Crippen LogP contribution in [0.3, 0.4) is 0 Å². The van der Waals surface area contributed by atoms with Gasteiger partial charge in [0.15, 0.2) is 0 Å². The van der Waals surface area contributed by atoms with Gasteiger partial charge in [-0.05, 0) is 19.4 Å². The van der Waals surface area contributed by atoms with Gasteiger partial charge >= 0.3 is 0 Å². The zero-order valence-corrected chi connectivity index (χ0v) is 12.9. The number of benzene rings is 1. The molecule has 1 saturated heterocycles. The Morgan fingerprint density at radius 1 is 1.15 bits per heavy atom. The van der Waals surface area contributed by atoms with Crippen LogP contribution >= 0.6 is 11.3 Å². The van der Waals surface area contributed by atoms with E-state index in [0.717, 1.165) is 31.9 Å². The number of piperazine rings is 1. The summed E-state index contributed by atoms with van der Waals surface area (Å²) in [5.41, 5.74) is 3.78. The highest BCUT2D eigenvalue weighted by Gasteiger charge is 2.26. The third-order valence-electron chi connectivity index (χ3n) is 3.78. The van der Waals surface area contributed by atoms with Crippen LogP contribution in [0, 0.1) is 13.8 Å². The third-order valence-corrected chi connectivity index (χ3v) is 4.80. The maximum absolute atomic E-state index is 4.74. The standard InChI is InChI=1S/C16H21N3S/c1-12-3-5-14(6-4-12)15(16-18-13(2)11-20-16)19-9-7-17-8-10-19/h3-6,11,15,17H,7-10H2,1-2H3. The summed E-state index contributed by atoms with van der Waals surface area (Å²) in [6.45, 7) is 8.49. The molecule has 0 saturated carbocycles. The molecule has 0 bridgehead atoms. The van der Waals surface area contributed by atoms with Gasteiger partial charge in [0.25, 0.3) is 0 Å². The Morgan fingerprint density at radius 3 is 2.45 bits per heavy atom. The second-order valence-corrected chi connectivity index (χ2v) is 6.32. The number of aryl methyl sites for hydroxylation is 2. The second-order valence-electron chi connectivity index (χ2n) is 5.43. The number of nitrogens with zero attached hydrogens (tertiary/aromatic N) is 2. The summed E-state index contributed by atoms with van der Waals surface area (Å²) in [4.78, 5) is 7.28. The van der Waals surface area contributed by atoms with Gasteiger partial charge in [-0.15, -0.1) is 11.3 Å². The van der Waals surface area contributed by atoms with Crippen LogP contribution in [-0.2, 0) is 0 Å². The van der Waals surface area contributed by atoms with E-state index in [0.29, 0.717) is 6.04 Å². The Hall–Kier alpha value is -1.23. The second kappa shape index (κ2) is 6.04. The number of rotatable bonds is 3. The molecule has 106 valence electrons. The molecule has 1 aliphatic heterocycles. The average molecular weight is 287 g/mol. The van der Waals surface area contributed by atoms with Crippen molar-refractivity contribution in [3.63, 3.8) is 0 Å². The van der Waals surface area contributed by atoms with Crippen LogP contribution in [0.5, 0.6) is 0 Å². The van der Waals surface area contributed by atoms with Crippen LogP contribution in [0.25, 0.3) is 0 Å². The SMILES string of the molecule is Cc1ccc(C(c2nc(C)cs2)N2CCNCC2)cc1. The summed E-state index contributed by atoms with van der Waals surface area (Å²) in [5, 5.41) is 6.80. The van der Waals surface area contributed by atoms with Crippen molar-refractivity contribution < 1.29 is 0 Å². The minimum Gasteiger partial charge on any atom is -0.314 e. The van der Waals surface area contributed by atoms with Gasteiger partial charge in [0.05, 0.1) is 6.04 Å². The summed E-state index contributed by atoms with van der Waals surface area (Å²) in [6, 6.07) is 9.20. The van der Waals surface area contributed by atoms with E-state index in [1.807, 2.05) is 0 Å².